The number of carbonyl (C=O) groups excluding carboxylic acids is 1. The Kier molecular flexibility index (Phi) is 3.05. The molecule has 0 amide bonds. The third kappa shape index (κ3) is 2.29. The van der Waals surface area contributed by atoms with Crippen LogP contribution in [0.25, 0.3) is 0 Å². The van der Waals surface area contributed by atoms with Crippen LogP contribution in [-0.4, -0.2) is 17.6 Å². The van der Waals surface area contributed by atoms with Gasteiger partial charge >= 0.3 is 5.97 Å². The Morgan fingerprint density at radius 1 is 1.17 bits per heavy atom. The summed E-state index contributed by atoms with van der Waals surface area (Å²) < 4.78 is 5.64. The second kappa shape index (κ2) is 3.96. The molecular weight excluding hydrogens is 226 g/mol. The molecule has 2 bridgehead atoms. The van der Waals surface area contributed by atoms with E-state index in [1.54, 1.807) is 0 Å². The molecule has 0 aromatic heterocycles. The van der Waals surface area contributed by atoms with Gasteiger partial charge in [0.1, 0.15) is 5.60 Å². The molecule has 2 aliphatic rings. The summed E-state index contributed by atoms with van der Waals surface area (Å²) in [5, 5.41) is 0. The van der Waals surface area contributed by atoms with Crippen molar-refractivity contribution in [3.05, 3.63) is 0 Å². The van der Waals surface area contributed by atoms with Crippen LogP contribution < -0.4 is 5.73 Å². The second-order valence-corrected chi connectivity index (χ2v) is 7.94. The summed E-state index contributed by atoms with van der Waals surface area (Å²) >= 11 is 0. The lowest BCUT2D eigenvalue weighted by Gasteiger charge is -2.46. The molecule has 2 saturated carbocycles. The van der Waals surface area contributed by atoms with Crippen molar-refractivity contribution in [1.29, 1.82) is 0 Å². The van der Waals surface area contributed by atoms with E-state index >= 15 is 0 Å². The van der Waals surface area contributed by atoms with E-state index in [-0.39, 0.29) is 28.8 Å². The molecule has 0 aromatic rings. The maximum Gasteiger partial charge on any atom is 0.310 e. The van der Waals surface area contributed by atoms with Gasteiger partial charge in [-0.3, -0.25) is 4.79 Å². The molecule has 4 atom stereocenters. The van der Waals surface area contributed by atoms with Gasteiger partial charge in [0, 0.05) is 6.04 Å². The highest BCUT2D eigenvalue weighted by Gasteiger charge is 2.60. The van der Waals surface area contributed by atoms with Crippen molar-refractivity contribution < 1.29 is 9.53 Å². The first kappa shape index (κ1) is 13.9. The Morgan fingerprint density at radius 3 is 2.00 bits per heavy atom. The summed E-state index contributed by atoms with van der Waals surface area (Å²) in [4.78, 5) is 12.5. The van der Waals surface area contributed by atoms with Crippen LogP contribution in [0.3, 0.4) is 0 Å². The number of fused-ring (bicyclic) bond motifs is 2. The van der Waals surface area contributed by atoms with Gasteiger partial charge in [-0.05, 0) is 57.3 Å². The first-order valence-corrected chi connectivity index (χ1v) is 7.04. The molecule has 0 aliphatic heterocycles. The summed E-state index contributed by atoms with van der Waals surface area (Å²) in [6, 6.07) is 0.237. The zero-order chi connectivity index (χ0) is 13.8. The van der Waals surface area contributed by atoms with Gasteiger partial charge in [0.2, 0.25) is 0 Å². The standard InChI is InChI=1S/C15H27NO2/c1-13(2,3)18-12(17)11-14(4)6-7-15(11,5)9-10(16)8-14/h10-11H,6-9,16H2,1-5H3/t10-,11?,14-,15+. The van der Waals surface area contributed by atoms with Crippen LogP contribution >= 0.6 is 0 Å². The van der Waals surface area contributed by atoms with E-state index in [2.05, 4.69) is 13.8 Å². The molecule has 2 fully saturated rings. The molecule has 2 aliphatic carbocycles. The van der Waals surface area contributed by atoms with Crippen molar-refractivity contribution in [2.45, 2.75) is 71.9 Å². The Morgan fingerprint density at radius 2 is 1.61 bits per heavy atom. The zero-order valence-electron chi connectivity index (χ0n) is 12.4. The number of nitrogens with two attached hydrogens (primary N) is 1. The van der Waals surface area contributed by atoms with Gasteiger partial charge in [-0.25, -0.2) is 0 Å². The quantitative estimate of drug-likeness (QED) is 0.731. The lowest BCUT2D eigenvalue weighted by atomic mass is 9.60. The highest BCUT2D eigenvalue weighted by molar-refractivity contribution is 5.75. The maximum absolute atomic E-state index is 12.5. The van der Waals surface area contributed by atoms with Crippen LogP contribution in [0, 0.1) is 16.7 Å². The van der Waals surface area contributed by atoms with Crippen LogP contribution in [0.5, 0.6) is 0 Å². The number of hydrogen-bond acceptors (Lipinski definition) is 3. The summed E-state index contributed by atoms with van der Waals surface area (Å²) in [6.45, 7) is 10.2. The molecule has 3 heteroatoms. The fraction of sp³-hybridized carbons (Fsp3) is 0.933. The molecule has 0 radical (unpaired) electrons. The minimum Gasteiger partial charge on any atom is -0.460 e. The number of rotatable bonds is 1. The van der Waals surface area contributed by atoms with E-state index in [0.29, 0.717) is 0 Å². The third-order valence-electron chi connectivity index (χ3n) is 4.76. The van der Waals surface area contributed by atoms with Crippen LogP contribution in [0.15, 0.2) is 0 Å². The molecule has 104 valence electrons. The van der Waals surface area contributed by atoms with Gasteiger partial charge in [0.15, 0.2) is 0 Å². The topological polar surface area (TPSA) is 52.3 Å². The largest absolute Gasteiger partial charge is 0.460 e. The van der Waals surface area contributed by atoms with Crippen molar-refractivity contribution in [3.63, 3.8) is 0 Å². The third-order valence-corrected chi connectivity index (χ3v) is 4.76. The van der Waals surface area contributed by atoms with Crippen LogP contribution in [0.2, 0.25) is 0 Å². The van der Waals surface area contributed by atoms with E-state index in [1.165, 1.54) is 0 Å². The fourth-order valence-electron chi connectivity index (χ4n) is 4.34. The molecule has 0 spiro atoms. The van der Waals surface area contributed by atoms with Gasteiger partial charge in [-0.2, -0.15) is 0 Å². The molecule has 18 heavy (non-hydrogen) atoms. The van der Waals surface area contributed by atoms with Crippen molar-refractivity contribution in [2.24, 2.45) is 22.5 Å². The molecule has 2 rings (SSSR count). The number of esters is 1. The lowest BCUT2D eigenvalue weighted by Crippen LogP contribution is -2.50. The van der Waals surface area contributed by atoms with Crippen LogP contribution in [0.4, 0.5) is 0 Å². The average Bonchev–Trinajstić information content (AvgIpc) is 2.27. The van der Waals surface area contributed by atoms with Crippen LogP contribution in [0.1, 0.15) is 60.3 Å². The van der Waals surface area contributed by atoms with Crippen molar-refractivity contribution in [1.82, 2.24) is 0 Å². The maximum atomic E-state index is 12.5. The molecular formula is C15H27NO2. The molecule has 0 aromatic carbocycles. The van der Waals surface area contributed by atoms with E-state index < -0.39 is 5.60 Å². The summed E-state index contributed by atoms with van der Waals surface area (Å²) in [6.07, 6.45) is 4.10. The van der Waals surface area contributed by atoms with Crippen LogP contribution in [-0.2, 0) is 9.53 Å². The van der Waals surface area contributed by atoms with E-state index in [4.69, 9.17) is 10.5 Å². The predicted octanol–water partition coefficient (Wildman–Crippen LogP) is 2.87. The highest BCUT2D eigenvalue weighted by Crippen LogP contribution is 2.62. The lowest BCUT2D eigenvalue weighted by molar-refractivity contribution is -0.171. The monoisotopic (exact) mass is 253 g/mol. The van der Waals surface area contributed by atoms with Crippen molar-refractivity contribution >= 4 is 5.97 Å². The Labute approximate surface area is 110 Å². The SMILES string of the molecule is CC(C)(C)OC(=O)C1[C@@]2(C)CC[C@]1(C)C[C@@H](N)C2. The summed E-state index contributed by atoms with van der Waals surface area (Å²) in [5.74, 6) is 0.000856. The minimum absolute atomic E-state index is 0.0168. The summed E-state index contributed by atoms with van der Waals surface area (Å²) in [7, 11) is 0. The van der Waals surface area contributed by atoms with E-state index in [1.807, 2.05) is 20.8 Å². The normalized spacial score (nSPS) is 43.9. The Hall–Kier alpha value is -0.570. The molecule has 1 unspecified atom stereocenters. The van der Waals surface area contributed by atoms with Gasteiger partial charge in [-0.1, -0.05) is 13.8 Å². The average molecular weight is 253 g/mol. The smallest absolute Gasteiger partial charge is 0.310 e. The number of carbonyl (C=O) groups is 1. The van der Waals surface area contributed by atoms with Crippen molar-refractivity contribution in [3.8, 4) is 0 Å². The fourth-order valence-corrected chi connectivity index (χ4v) is 4.34. The van der Waals surface area contributed by atoms with Gasteiger partial charge < -0.3 is 10.5 Å². The molecule has 3 nitrogen and oxygen atoms in total. The van der Waals surface area contributed by atoms with E-state index in [0.717, 1.165) is 25.7 Å². The van der Waals surface area contributed by atoms with Gasteiger partial charge in [-0.15, -0.1) is 0 Å². The molecule has 0 saturated heterocycles. The Balaban J connectivity index is 2.25. The van der Waals surface area contributed by atoms with Gasteiger partial charge in [0.05, 0.1) is 5.92 Å². The first-order valence-electron chi connectivity index (χ1n) is 7.04. The highest BCUT2D eigenvalue weighted by atomic mass is 16.6. The van der Waals surface area contributed by atoms with Gasteiger partial charge in [0.25, 0.3) is 0 Å². The van der Waals surface area contributed by atoms with E-state index in [9.17, 15) is 4.79 Å². The first-order chi connectivity index (χ1) is 8.06. The molecule has 0 heterocycles. The number of hydrogen-bond donors (Lipinski definition) is 1. The zero-order valence-corrected chi connectivity index (χ0v) is 12.4. The number of ether oxygens (including phenoxy) is 1. The minimum atomic E-state index is -0.400. The summed E-state index contributed by atoms with van der Waals surface area (Å²) in [5.41, 5.74) is 5.84. The Bertz CT molecular complexity index is 340. The molecule has 2 N–H and O–H groups in total. The second-order valence-electron chi connectivity index (χ2n) is 7.94. The predicted molar refractivity (Wildman–Crippen MR) is 72.0 cm³/mol. The van der Waals surface area contributed by atoms with Crippen molar-refractivity contribution in [2.75, 3.05) is 0 Å².